The quantitative estimate of drug-likeness (QED) is 0.298. The fourth-order valence-electron chi connectivity index (χ4n) is 4.32. The van der Waals surface area contributed by atoms with Crippen LogP contribution in [-0.4, -0.2) is 59.6 Å². The van der Waals surface area contributed by atoms with Gasteiger partial charge in [0.25, 0.3) is 0 Å². The van der Waals surface area contributed by atoms with E-state index in [1.807, 2.05) is 52.0 Å². The van der Waals surface area contributed by atoms with Crippen LogP contribution in [0.15, 0.2) is 24.3 Å². The van der Waals surface area contributed by atoms with Crippen molar-refractivity contribution in [1.82, 2.24) is 15.5 Å². The molecule has 3 amide bonds. The summed E-state index contributed by atoms with van der Waals surface area (Å²) in [6.45, 7) is 19.1. The molecule has 0 aromatic heterocycles. The Kier molecular flexibility index (Phi) is 14.2. The molecule has 0 heterocycles. The molecule has 0 radical (unpaired) electrons. The van der Waals surface area contributed by atoms with Crippen molar-refractivity contribution in [2.45, 2.75) is 112 Å². The van der Waals surface area contributed by atoms with E-state index in [2.05, 4.69) is 24.5 Å². The minimum atomic E-state index is -0.974. The Morgan fingerprint density at radius 2 is 1.65 bits per heavy atom. The molecule has 2 N–H and O–H groups in total. The van der Waals surface area contributed by atoms with Gasteiger partial charge in [-0.3, -0.25) is 14.4 Å². The average molecular weight is 562 g/mol. The van der Waals surface area contributed by atoms with E-state index in [0.717, 1.165) is 12.0 Å². The second kappa shape index (κ2) is 16.2. The molecule has 0 saturated carbocycles. The van der Waals surface area contributed by atoms with Crippen LogP contribution in [0.1, 0.15) is 98.7 Å². The smallest absolute Gasteiger partial charge is 0.408 e. The summed E-state index contributed by atoms with van der Waals surface area (Å²) in [6.07, 6.45) is 0.840. The maximum Gasteiger partial charge on any atom is 0.408 e. The molecule has 3 atom stereocenters. The van der Waals surface area contributed by atoms with E-state index in [0.29, 0.717) is 17.9 Å². The molecular weight excluding hydrogens is 510 g/mol. The van der Waals surface area contributed by atoms with Gasteiger partial charge in [-0.05, 0) is 71.8 Å². The second-order valence-electron chi connectivity index (χ2n) is 12.1. The normalized spacial score (nSPS) is 13.8. The number of nitrogens with one attached hydrogen (secondary N) is 2. The summed E-state index contributed by atoms with van der Waals surface area (Å²) in [5, 5.41) is 5.60. The zero-order valence-electron chi connectivity index (χ0n) is 26.1. The third kappa shape index (κ3) is 12.0. The van der Waals surface area contributed by atoms with E-state index in [-0.39, 0.29) is 37.4 Å². The molecule has 0 spiro atoms. The Morgan fingerprint density at radius 1 is 1.00 bits per heavy atom. The molecule has 0 fully saturated rings. The Hall–Kier alpha value is -3.10. The molecule has 9 heteroatoms. The fraction of sp³-hybridized carbons (Fsp3) is 0.677. The van der Waals surface area contributed by atoms with Crippen molar-refractivity contribution in [2.75, 3.05) is 13.2 Å². The molecule has 226 valence electrons. The SMILES string of the molecule is CCOC(=O)CCNC(=O)C(c1cccc(C)c1)N(C(=O)C(NC(=O)OC(C)(C)C)C(C)C)C(C)CCC(C)C. The number of amides is 3. The summed E-state index contributed by atoms with van der Waals surface area (Å²) < 4.78 is 10.4. The number of aryl methyl sites for hydroxylation is 1. The number of ether oxygens (including phenoxy) is 2. The van der Waals surface area contributed by atoms with Gasteiger partial charge in [0.15, 0.2) is 0 Å². The number of rotatable bonds is 14. The first-order valence-corrected chi connectivity index (χ1v) is 14.4. The summed E-state index contributed by atoms with van der Waals surface area (Å²) in [5.74, 6) is -1.06. The molecule has 1 aromatic carbocycles. The molecular formula is C31H51N3O6. The van der Waals surface area contributed by atoms with Crippen molar-refractivity contribution < 1.29 is 28.7 Å². The lowest BCUT2D eigenvalue weighted by atomic mass is 9.94. The Morgan fingerprint density at radius 3 is 2.17 bits per heavy atom. The van der Waals surface area contributed by atoms with E-state index >= 15 is 0 Å². The maximum atomic E-state index is 14.3. The van der Waals surface area contributed by atoms with Gasteiger partial charge in [0.05, 0.1) is 13.0 Å². The van der Waals surface area contributed by atoms with Crippen LogP contribution in [0.3, 0.4) is 0 Å². The Balaban J connectivity index is 3.53. The maximum absolute atomic E-state index is 14.3. The highest BCUT2D eigenvalue weighted by atomic mass is 16.6. The first-order valence-electron chi connectivity index (χ1n) is 14.4. The molecule has 0 bridgehead atoms. The van der Waals surface area contributed by atoms with Crippen LogP contribution < -0.4 is 10.6 Å². The van der Waals surface area contributed by atoms with Gasteiger partial charge < -0.3 is 25.0 Å². The van der Waals surface area contributed by atoms with Crippen molar-refractivity contribution in [3.05, 3.63) is 35.4 Å². The summed E-state index contributed by atoms with van der Waals surface area (Å²) in [6, 6.07) is 5.27. The predicted molar refractivity (Wildman–Crippen MR) is 157 cm³/mol. The van der Waals surface area contributed by atoms with Gasteiger partial charge in [0.2, 0.25) is 11.8 Å². The van der Waals surface area contributed by atoms with Crippen molar-refractivity contribution in [3.63, 3.8) is 0 Å². The van der Waals surface area contributed by atoms with Gasteiger partial charge in [-0.1, -0.05) is 57.5 Å². The first kappa shape index (κ1) is 34.9. The topological polar surface area (TPSA) is 114 Å². The van der Waals surface area contributed by atoms with Crippen molar-refractivity contribution in [2.24, 2.45) is 11.8 Å². The molecule has 0 saturated heterocycles. The Bertz CT molecular complexity index is 986. The average Bonchev–Trinajstić information content (AvgIpc) is 2.82. The number of nitrogens with zero attached hydrogens (tertiary/aromatic N) is 1. The van der Waals surface area contributed by atoms with Crippen LogP contribution in [0.25, 0.3) is 0 Å². The molecule has 0 aliphatic rings. The number of esters is 1. The van der Waals surface area contributed by atoms with Crippen LogP contribution in [0.2, 0.25) is 0 Å². The summed E-state index contributed by atoms with van der Waals surface area (Å²) in [4.78, 5) is 54.4. The minimum absolute atomic E-state index is 0.0196. The van der Waals surface area contributed by atoms with Crippen molar-refractivity contribution in [1.29, 1.82) is 0 Å². The number of hydrogen-bond acceptors (Lipinski definition) is 6. The molecule has 9 nitrogen and oxygen atoms in total. The van der Waals surface area contributed by atoms with Crippen LogP contribution >= 0.6 is 0 Å². The summed E-state index contributed by atoms with van der Waals surface area (Å²) in [5.41, 5.74) is 0.858. The van der Waals surface area contributed by atoms with Gasteiger partial charge in [-0.15, -0.1) is 0 Å². The van der Waals surface area contributed by atoms with E-state index in [1.165, 1.54) is 0 Å². The predicted octanol–water partition coefficient (Wildman–Crippen LogP) is 5.31. The minimum Gasteiger partial charge on any atom is -0.466 e. The van der Waals surface area contributed by atoms with Gasteiger partial charge in [0, 0.05) is 12.6 Å². The van der Waals surface area contributed by atoms with Crippen LogP contribution in [-0.2, 0) is 23.9 Å². The number of carbonyl (C=O) groups excluding carboxylic acids is 4. The zero-order valence-corrected chi connectivity index (χ0v) is 26.1. The number of hydrogen-bond donors (Lipinski definition) is 2. The highest BCUT2D eigenvalue weighted by Gasteiger charge is 2.40. The Labute approximate surface area is 240 Å². The molecule has 3 unspecified atom stereocenters. The van der Waals surface area contributed by atoms with Gasteiger partial charge >= 0.3 is 12.1 Å². The third-order valence-corrected chi connectivity index (χ3v) is 6.31. The van der Waals surface area contributed by atoms with Crippen molar-refractivity contribution >= 4 is 23.9 Å². The summed E-state index contributed by atoms with van der Waals surface area (Å²) in [7, 11) is 0. The summed E-state index contributed by atoms with van der Waals surface area (Å²) >= 11 is 0. The van der Waals surface area contributed by atoms with Crippen LogP contribution in [0, 0.1) is 18.8 Å². The van der Waals surface area contributed by atoms with Crippen LogP contribution in [0.4, 0.5) is 4.79 Å². The molecule has 0 aliphatic heterocycles. The lowest BCUT2D eigenvalue weighted by Crippen LogP contribution is -2.57. The number of benzene rings is 1. The molecule has 40 heavy (non-hydrogen) atoms. The number of alkyl carbamates (subject to hydrolysis) is 1. The van der Waals surface area contributed by atoms with E-state index in [4.69, 9.17) is 9.47 Å². The monoisotopic (exact) mass is 561 g/mol. The highest BCUT2D eigenvalue weighted by molar-refractivity contribution is 5.92. The highest BCUT2D eigenvalue weighted by Crippen LogP contribution is 2.29. The lowest BCUT2D eigenvalue weighted by molar-refractivity contribution is -0.146. The molecule has 1 aromatic rings. The standard InChI is InChI=1S/C31H51N3O6/c1-11-39-25(35)17-18-32-28(36)27(24-14-12-13-22(6)19-24)34(23(7)16-15-20(2)3)29(37)26(21(4)5)33-30(38)40-31(8,9)10/h12-14,19-21,23,26-27H,11,15-18H2,1-10H3,(H,32,36)(H,33,38). The van der Waals surface area contributed by atoms with Gasteiger partial charge in [0.1, 0.15) is 17.7 Å². The lowest BCUT2D eigenvalue weighted by Gasteiger charge is -2.39. The van der Waals surface area contributed by atoms with Gasteiger partial charge in [-0.25, -0.2) is 4.79 Å². The number of carbonyl (C=O) groups is 4. The fourth-order valence-corrected chi connectivity index (χ4v) is 4.32. The second-order valence-corrected chi connectivity index (χ2v) is 12.1. The largest absolute Gasteiger partial charge is 0.466 e. The van der Waals surface area contributed by atoms with Crippen molar-refractivity contribution in [3.8, 4) is 0 Å². The molecule has 0 aliphatic carbocycles. The zero-order chi connectivity index (χ0) is 30.6. The van der Waals surface area contributed by atoms with E-state index in [1.54, 1.807) is 32.6 Å². The first-order chi connectivity index (χ1) is 18.6. The van der Waals surface area contributed by atoms with E-state index < -0.39 is 35.7 Å². The van der Waals surface area contributed by atoms with E-state index in [9.17, 15) is 19.2 Å². The molecule has 1 rings (SSSR count). The van der Waals surface area contributed by atoms with Crippen LogP contribution in [0.5, 0.6) is 0 Å². The van der Waals surface area contributed by atoms with Gasteiger partial charge in [-0.2, -0.15) is 0 Å². The third-order valence-electron chi connectivity index (χ3n) is 6.31.